The largest absolute Gasteiger partial charge is 0.496 e. The van der Waals surface area contributed by atoms with E-state index in [1.165, 1.54) is 31.4 Å². The first-order valence-electron chi connectivity index (χ1n) is 6.33. The summed E-state index contributed by atoms with van der Waals surface area (Å²) >= 11 is 0. The zero-order valence-electron chi connectivity index (χ0n) is 11.9. The second kappa shape index (κ2) is 5.71. The van der Waals surface area contributed by atoms with Crippen LogP contribution in [0.15, 0.2) is 36.4 Å². The highest BCUT2D eigenvalue weighted by Crippen LogP contribution is 2.38. The van der Waals surface area contributed by atoms with Gasteiger partial charge in [0.25, 0.3) is 0 Å². The van der Waals surface area contributed by atoms with Gasteiger partial charge in [-0.1, -0.05) is 6.07 Å². The molecule has 0 heterocycles. The van der Waals surface area contributed by atoms with Crippen LogP contribution in [0, 0.1) is 6.92 Å². The maximum absolute atomic E-state index is 12.9. The molecule has 0 unspecified atom stereocenters. The van der Waals surface area contributed by atoms with Crippen LogP contribution < -0.4 is 4.74 Å². The second-order valence-electron chi connectivity index (χ2n) is 4.75. The minimum atomic E-state index is -4.46. The van der Waals surface area contributed by atoms with Gasteiger partial charge in [-0.25, -0.2) is 4.79 Å². The number of carboxylic acid groups (broad SMARTS) is 1. The molecule has 3 nitrogen and oxygen atoms in total. The van der Waals surface area contributed by atoms with Gasteiger partial charge in [-0.3, -0.25) is 0 Å². The Bertz CT molecular complexity index is 721. The van der Waals surface area contributed by atoms with Gasteiger partial charge in [0.2, 0.25) is 0 Å². The molecular formula is C16H13F3O3. The number of hydrogen-bond acceptors (Lipinski definition) is 2. The molecule has 6 heteroatoms. The average molecular weight is 310 g/mol. The number of halogens is 3. The molecule has 22 heavy (non-hydrogen) atoms. The third-order valence-electron chi connectivity index (χ3n) is 3.29. The van der Waals surface area contributed by atoms with Crippen LogP contribution in [0.1, 0.15) is 21.5 Å². The summed E-state index contributed by atoms with van der Waals surface area (Å²) in [6, 6.07) is 7.45. The Hall–Kier alpha value is -2.50. The highest BCUT2D eigenvalue weighted by atomic mass is 19.4. The quantitative estimate of drug-likeness (QED) is 0.914. The minimum absolute atomic E-state index is 0.0761. The molecule has 0 fully saturated rings. The van der Waals surface area contributed by atoms with E-state index in [0.29, 0.717) is 16.9 Å². The Kier molecular flexibility index (Phi) is 4.12. The lowest BCUT2D eigenvalue weighted by Gasteiger charge is -2.15. The van der Waals surface area contributed by atoms with Gasteiger partial charge >= 0.3 is 12.1 Å². The summed E-state index contributed by atoms with van der Waals surface area (Å²) in [4.78, 5) is 10.9. The Balaban J connectivity index is 2.62. The summed E-state index contributed by atoms with van der Waals surface area (Å²) in [5, 5.41) is 8.95. The van der Waals surface area contributed by atoms with Crippen molar-refractivity contribution in [2.24, 2.45) is 0 Å². The third kappa shape index (κ3) is 3.05. The predicted molar refractivity (Wildman–Crippen MR) is 75.1 cm³/mol. The maximum atomic E-state index is 12.9. The number of hydrogen-bond donors (Lipinski definition) is 1. The lowest BCUT2D eigenvalue weighted by Crippen LogP contribution is -2.05. The van der Waals surface area contributed by atoms with E-state index in [2.05, 4.69) is 0 Å². The molecule has 0 amide bonds. The molecule has 0 saturated heterocycles. The van der Waals surface area contributed by atoms with Crippen molar-refractivity contribution in [3.8, 4) is 16.9 Å². The summed E-state index contributed by atoms with van der Waals surface area (Å²) in [6.07, 6.45) is -4.46. The van der Waals surface area contributed by atoms with Crippen molar-refractivity contribution < 1.29 is 27.8 Å². The van der Waals surface area contributed by atoms with Crippen molar-refractivity contribution >= 4 is 5.97 Å². The van der Waals surface area contributed by atoms with Crippen molar-refractivity contribution in [2.45, 2.75) is 13.1 Å². The lowest BCUT2D eigenvalue weighted by molar-refractivity contribution is -0.137. The standard InChI is InChI=1S/C16H13F3O3/c1-9-7-10(15(20)21)3-5-12(9)13-8-11(16(17,18)19)4-6-14(13)22-2/h3-8H,1-2H3,(H,20,21). The van der Waals surface area contributed by atoms with Crippen molar-refractivity contribution in [3.05, 3.63) is 53.1 Å². The van der Waals surface area contributed by atoms with Crippen molar-refractivity contribution in [2.75, 3.05) is 7.11 Å². The number of carbonyl (C=O) groups is 1. The third-order valence-corrected chi connectivity index (χ3v) is 3.29. The molecule has 0 aliphatic carbocycles. The van der Waals surface area contributed by atoms with Crippen LogP contribution >= 0.6 is 0 Å². The smallest absolute Gasteiger partial charge is 0.416 e. The molecule has 0 spiro atoms. The first-order valence-corrected chi connectivity index (χ1v) is 6.33. The highest BCUT2D eigenvalue weighted by molar-refractivity contribution is 5.89. The number of benzene rings is 2. The van der Waals surface area contributed by atoms with Crippen LogP contribution in [-0.4, -0.2) is 18.2 Å². The van der Waals surface area contributed by atoms with Gasteiger partial charge in [-0.05, 0) is 48.4 Å². The van der Waals surface area contributed by atoms with Crippen molar-refractivity contribution in [3.63, 3.8) is 0 Å². The number of aryl methyl sites for hydroxylation is 1. The molecule has 0 aromatic heterocycles. The SMILES string of the molecule is COc1ccc(C(F)(F)F)cc1-c1ccc(C(=O)O)cc1C. The summed E-state index contributed by atoms with van der Waals surface area (Å²) in [6.45, 7) is 1.64. The van der Waals surface area contributed by atoms with Crippen LogP contribution in [-0.2, 0) is 6.18 Å². The van der Waals surface area contributed by atoms with Crippen LogP contribution in [0.25, 0.3) is 11.1 Å². The van der Waals surface area contributed by atoms with E-state index in [1.54, 1.807) is 6.92 Å². The minimum Gasteiger partial charge on any atom is -0.496 e. The Labute approximate surface area is 125 Å². The molecular weight excluding hydrogens is 297 g/mol. The number of ether oxygens (including phenoxy) is 1. The van der Waals surface area contributed by atoms with E-state index < -0.39 is 17.7 Å². The zero-order valence-corrected chi connectivity index (χ0v) is 11.9. The molecule has 0 radical (unpaired) electrons. The van der Waals surface area contributed by atoms with Crippen molar-refractivity contribution in [1.29, 1.82) is 0 Å². The highest BCUT2D eigenvalue weighted by Gasteiger charge is 2.31. The Morgan fingerprint density at radius 1 is 1.09 bits per heavy atom. The van der Waals surface area contributed by atoms with Crippen molar-refractivity contribution in [1.82, 2.24) is 0 Å². The predicted octanol–water partition coefficient (Wildman–Crippen LogP) is 4.39. The van der Waals surface area contributed by atoms with E-state index in [-0.39, 0.29) is 11.1 Å². The topological polar surface area (TPSA) is 46.5 Å². The van der Waals surface area contributed by atoms with Gasteiger partial charge in [0.05, 0.1) is 18.2 Å². The van der Waals surface area contributed by atoms with Crippen LogP contribution in [0.4, 0.5) is 13.2 Å². The fourth-order valence-electron chi connectivity index (χ4n) is 2.19. The average Bonchev–Trinajstić information content (AvgIpc) is 2.45. The molecule has 0 bridgehead atoms. The number of carboxylic acids is 1. The Morgan fingerprint density at radius 3 is 2.27 bits per heavy atom. The van der Waals surface area contributed by atoms with E-state index in [1.807, 2.05) is 0 Å². The summed E-state index contributed by atoms with van der Waals surface area (Å²) in [5.74, 6) is -0.801. The van der Waals surface area contributed by atoms with E-state index in [9.17, 15) is 18.0 Å². The summed E-state index contributed by atoms with van der Waals surface area (Å²) in [7, 11) is 1.37. The van der Waals surface area contributed by atoms with Crippen LogP contribution in [0.2, 0.25) is 0 Å². The maximum Gasteiger partial charge on any atom is 0.416 e. The molecule has 0 aliphatic heterocycles. The Morgan fingerprint density at radius 2 is 1.77 bits per heavy atom. The molecule has 2 aromatic rings. The van der Waals surface area contributed by atoms with Crippen LogP contribution in [0.5, 0.6) is 5.75 Å². The van der Waals surface area contributed by atoms with Gasteiger partial charge in [0.15, 0.2) is 0 Å². The lowest BCUT2D eigenvalue weighted by atomic mass is 9.96. The first kappa shape index (κ1) is 15.9. The number of methoxy groups -OCH3 is 1. The van der Waals surface area contributed by atoms with Gasteiger partial charge in [-0.15, -0.1) is 0 Å². The molecule has 116 valence electrons. The number of alkyl halides is 3. The number of rotatable bonds is 3. The molecule has 2 rings (SSSR count). The van der Waals surface area contributed by atoms with Gasteiger partial charge in [-0.2, -0.15) is 13.2 Å². The second-order valence-corrected chi connectivity index (χ2v) is 4.75. The fourth-order valence-corrected chi connectivity index (χ4v) is 2.19. The monoisotopic (exact) mass is 310 g/mol. The van der Waals surface area contributed by atoms with Gasteiger partial charge < -0.3 is 9.84 Å². The van der Waals surface area contributed by atoms with E-state index in [0.717, 1.165) is 12.1 Å². The molecule has 1 N–H and O–H groups in total. The van der Waals surface area contributed by atoms with E-state index in [4.69, 9.17) is 9.84 Å². The fraction of sp³-hybridized carbons (Fsp3) is 0.188. The summed E-state index contributed by atoms with van der Waals surface area (Å²) in [5.41, 5.74) is 0.606. The molecule has 0 atom stereocenters. The zero-order chi connectivity index (χ0) is 16.5. The normalized spacial score (nSPS) is 11.3. The molecule has 2 aromatic carbocycles. The van der Waals surface area contributed by atoms with E-state index >= 15 is 0 Å². The van der Waals surface area contributed by atoms with Crippen LogP contribution in [0.3, 0.4) is 0 Å². The van der Waals surface area contributed by atoms with Gasteiger partial charge in [0.1, 0.15) is 5.75 Å². The summed E-state index contributed by atoms with van der Waals surface area (Å²) < 4.78 is 43.7. The molecule has 0 saturated carbocycles. The number of aromatic carboxylic acids is 1. The molecule has 0 aliphatic rings. The first-order chi connectivity index (χ1) is 10.2. The van der Waals surface area contributed by atoms with Gasteiger partial charge in [0, 0.05) is 5.56 Å².